The van der Waals surface area contributed by atoms with E-state index in [4.69, 9.17) is 16.3 Å². The van der Waals surface area contributed by atoms with E-state index in [-0.39, 0.29) is 17.6 Å². The van der Waals surface area contributed by atoms with E-state index in [1.165, 1.54) is 11.8 Å². The number of nitrogens with zero attached hydrogens (tertiary/aromatic N) is 3. The molecule has 2 amide bonds. The SMILES string of the molecule is COc1ccc(NC(=O)c2ccc3nnc(SCC(=O)Nc4ccccc4Cl)n3c2)cc1. The zero-order valence-electron chi connectivity index (χ0n) is 16.9. The van der Waals surface area contributed by atoms with Gasteiger partial charge in [0.15, 0.2) is 10.8 Å². The largest absolute Gasteiger partial charge is 0.497 e. The summed E-state index contributed by atoms with van der Waals surface area (Å²) >= 11 is 7.28. The highest BCUT2D eigenvalue weighted by molar-refractivity contribution is 7.99. The van der Waals surface area contributed by atoms with Gasteiger partial charge in [-0.1, -0.05) is 35.5 Å². The Labute approximate surface area is 192 Å². The van der Waals surface area contributed by atoms with Crippen LogP contribution in [0.4, 0.5) is 11.4 Å². The van der Waals surface area contributed by atoms with Crippen molar-refractivity contribution in [1.29, 1.82) is 0 Å². The summed E-state index contributed by atoms with van der Waals surface area (Å²) in [6, 6.07) is 17.4. The highest BCUT2D eigenvalue weighted by Gasteiger charge is 2.13. The molecule has 0 saturated heterocycles. The zero-order valence-corrected chi connectivity index (χ0v) is 18.5. The topological polar surface area (TPSA) is 97.6 Å². The first-order valence-corrected chi connectivity index (χ1v) is 10.9. The molecule has 0 aliphatic carbocycles. The van der Waals surface area contributed by atoms with Gasteiger partial charge in [0, 0.05) is 11.9 Å². The lowest BCUT2D eigenvalue weighted by Gasteiger charge is -2.08. The summed E-state index contributed by atoms with van der Waals surface area (Å²) in [6.45, 7) is 0. The van der Waals surface area contributed by atoms with Crippen molar-refractivity contribution in [3.8, 4) is 5.75 Å². The van der Waals surface area contributed by atoms with Crippen LogP contribution in [0, 0.1) is 0 Å². The van der Waals surface area contributed by atoms with Crippen molar-refractivity contribution in [1.82, 2.24) is 14.6 Å². The minimum absolute atomic E-state index is 0.105. The number of thioether (sulfide) groups is 1. The molecule has 162 valence electrons. The number of amides is 2. The first-order chi connectivity index (χ1) is 15.5. The van der Waals surface area contributed by atoms with Gasteiger partial charge in [0.05, 0.1) is 29.1 Å². The first kappa shape index (κ1) is 21.7. The van der Waals surface area contributed by atoms with E-state index in [0.717, 1.165) is 0 Å². The van der Waals surface area contributed by atoms with Crippen molar-refractivity contribution in [3.05, 3.63) is 77.4 Å². The summed E-state index contributed by atoms with van der Waals surface area (Å²) in [4.78, 5) is 25.0. The number of aromatic nitrogens is 3. The Kier molecular flexibility index (Phi) is 6.58. The van der Waals surface area contributed by atoms with E-state index in [0.29, 0.717) is 38.5 Å². The molecule has 10 heteroatoms. The Balaban J connectivity index is 1.44. The number of rotatable bonds is 7. The van der Waals surface area contributed by atoms with E-state index in [1.807, 2.05) is 0 Å². The van der Waals surface area contributed by atoms with E-state index in [1.54, 1.807) is 78.4 Å². The van der Waals surface area contributed by atoms with Crippen molar-refractivity contribution >= 4 is 52.2 Å². The highest BCUT2D eigenvalue weighted by Crippen LogP contribution is 2.22. The van der Waals surface area contributed by atoms with Crippen LogP contribution in [0.15, 0.2) is 72.0 Å². The number of methoxy groups -OCH3 is 1. The third-order valence-electron chi connectivity index (χ3n) is 4.46. The number of hydrogen-bond donors (Lipinski definition) is 2. The Morgan fingerprint density at radius 1 is 1.03 bits per heavy atom. The van der Waals surface area contributed by atoms with Crippen molar-refractivity contribution in [2.75, 3.05) is 23.5 Å². The summed E-state index contributed by atoms with van der Waals surface area (Å²) in [5.41, 5.74) is 2.18. The quantitative estimate of drug-likeness (QED) is 0.391. The van der Waals surface area contributed by atoms with Crippen molar-refractivity contribution in [2.45, 2.75) is 5.16 Å². The molecule has 2 aromatic carbocycles. The van der Waals surface area contributed by atoms with E-state index >= 15 is 0 Å². The molecule has 0 radical (unpaired) electrons. The van der Waals surface area contributed by atoms with E-state index in [2.05, 4.69) is 20.8 Å². The number of nitrogens with one attached hydrogen (secondary N) is 2. The maximum absolute atomic E-state index is 12.7. The molecule has 2 heterocycles. The van der Waals surface area contributed by atoms with Crippen LogP contribution in [0.5, 0.6) is 5.75 Å². The number of fused-ring (bicyclic) bond motifs is 1. The number of carbonyl (C=O) groups is 2. The Morgan fingerprint density at radius 3 is 2.56 bits per heavy atom. The predicted octanol–water partition coefficient (Wildman–Crippen LogP) is 4.37. The van der Waals surface area contributed by atoms with Gasteiger partial charge in [0.2, 0.25) is 5.91 Å². The normalized spacial score (nSPS) is 10.7. The van der Waals surface area contributed by atoms with E-state index < -0.39 is 0 Å². The lowest BCUT2D eigenvalue weighted by atomic mass is 10.2. The third-order valence-corrected chi connectivity index (χ3v) is 5.73. The molecule has 8 nitrogen and oxygen atoms in total. The van der Waals surface area contributed by atoms with Crippen LogP contribution < -0.4 is 15.4 Å². The molecule has 32 heavy (non-hydrogen) atoms. The number of halogens is 1. The second-order valence-electron chi connectivity index (χ2n) is 6.63. The standard InChI is InChI=1S/C22H18ClN5O3S/c1-31-16-9-7-15(8-10-16)24-21(30)14-6-11-19-26-27-22(28(19)12-14)32-13-20(29)25-18-5-3-2-4-17(18)23/h2-12H,13H2,1H3,(H,24,30)(H,25,29). The first-order valence-electron chi connectivity index (χ1n) is 9.51. The minimum Gasteiger partial charge on any atom is -0.497 e. The fraction of sp³-hybridized carbons (Fsp3) is 0.0909. The maximum Gasteiger partial charge on any atom is 0.257 e. The van der Waals surface area contributed by atoms with Crippen LogP contribution in [0.3, 0.4) is 0 Å². The number of ether oxygens (including phenoxy) is 1. The molecule has 0 fully saturated rings. The van der Waals surface area contributed by atoms with Gasteiger partial charge in [-0.25, -0.2) is 0 Å². The Hall–Kier alpha value is -3.56. The predicted molar refractivity (Wildman–Crippen MR) is 125 cm³/mol. The van der Waals surface area contributed by atoms with Crippen molar-refractivity contribution in [3.63, 3.8) is 0 Å². The van der Waals surface area contributed by atoms with Gasteiger partial charge in [0.25, 0.3) is 5.91 Å². The molecule has 0 atom stereocenters. The van der Waals surface area contributed by atoms with Gasteiger partial charge in [-0.15, -0.1) is 10.2 Å². The summed E-state index contributed by atoms with van der Waals surface area (Å²) < 4.78 is 6.80. The summed E-state index contributed by atoms with van der Waals surface area (Å²) in [6.07, 6.45) is 1.64. The van der Waals surface area contributed by atoms with Crippen LogP contribution in [0.25, 0.3) is 5.65 Å². The maximum atomic E-state index is 12.7. The molecule has 0 aliphatic heterocycles. The molecule has 0 unspecified atom stereocenters. The van der Waals surface area contributed by atoms with Crippen molar-refractivity contribution in [2.24, 2.45) is 0 Å². The number of benzene rings is 2. The van der Waals surface area contributed by atoms with Crippen LogP contribution in [0.2, 0.25) is 5.02 Å². The molecule has 0 bridgehead atoms. The molecule has 0 saturated carbocycles. The molecule has 4 aromatic rings. The molecular weight excluding hydrogens is 450 g/mol. The number of pyridine rings is 1. The summed E-state index contributed by atoms with van der Waals surface area (Å²) in [5, 5.41) is 14.8. The van der Waals surface area contributed by atoms with Crippen LogP contribution in [-0.2, 0) is 4.79 Å². The number of anilines is 2. The fourth-order valence-electron chi connectivity index (χ4n) is 2.86. The average Bonchev–Trinajstić information content (AvgIpc) is 3.22. The van der Waals surface area contributed by atoms with Crippen molar-refractivity contribution < 1.29 is 14.3 Å². The van der Waals surface area contributed by atoms with Gasteiger partial charge < -0.3 is 15.4 Å². The lowest BCUT2D eigenvalue weighted by molar-refractivity contribution is -0.113. The number of carbonyl (C=O) groups excluding carboxylic acids is 2. The fourth-order valence-corrected chi connectivity index (χ4v) is 3.76. The average molecular weight is 468 g/mol. The Morgan fingerprint density at radius 2 is 1.81 bits per heavy atom. The number of hydrogen-bond acceptors (Lipinski definition) is 6. The molecular formula is C22H18ClN5O3S. The van der Waals surface area contributed by atoms with E-state index in [9.17, 15) is 9.59 Å². The molecule has 0 spiro atoms. The van der Waals surface area contributed by atoms with Gasteiger partial charge in [-0.05, 0) is 48.5 Å². The highest BCUT2D eigenvalue weighted by atomic mass is 35.5. The zero-order chi connectivity index (χ0) is 22.5. The molecule has 0 aliphatic rings. The van der Waals surface area contributed by atoms with Gasteiger partial charge in [-0.2, -0.15) is 0 Å². The molecule has 2 aromatic heterocycles. The monoisotopic (exact) mass is 467 g/mol. The summed E-state index contributed by atoms with van der Waals surface area (Å²) in [7, 11) is 1.58. The summed E-state index contributed by atoms with van der Waals surface area (Å²) in [5.74, 6) is 0.300. The third kappa shape index (κ3) is 5.01. The van der Waals surface area contributed by atoms with Gasteiger partial charge in [-0.3, -0.25) is 14.0 Å². The van der Waals surface area contributed by atoms with Gasteiger partial charge >= 0.3 is 0 Å². The van der Waals surface area contributed by atoms with Crippen LogP contribution in [-0.4, -0.2) is 39.3 Å². The second-order valence-corrected chi connectivity index (χ2v) is 7.98. The minimum atomic E-state index is -0.279. The van der Waals surface area contributed by atoms with Gasteiger partial charge in [0.1, 0.15) is 5.75 Å². The van der Waals surface area contributed by atoms with Crippen LogP contribution in [0.1, 0.15) is 10.4 Å². The second kappa shape index (κ2) is 9.71. The number of para-hydroxylation sites is 1. The smallest absolute Gasteiger partial charge is 0.257 e. The van der Waals surface area contributed by atoms with Crippen LogP contribution >= 0.6 is 23.4 Å². The molecule has 2 N–H and O–H groups in total. The lowest BCUT2D eigenvalue weighted by Crippen LogP contribution is -2.15. The molecule has 4 rings (SSSR count). The Bertz CT molecular complexity index is 1280.